The van der Waals surface area contributed by atoms with E-state index in [1.54, 1.807) is 12.1 Å². The number of carbonyl (C=O) groups is 2. The highest BCUT2D eigenvalue weighted by Crippen LogP contribution is 2.37. The summed E-state index contributed by atoms with van der Waals surface area (Å²) in [4.78, 5) is 40.4. The number of ether oxygens (including phenoxy) is 1. The van der Waals surface area contributed by atoms with E-state index < -0.39 is 25.8 Å². The molecular formula is C13H19N2O7P. The number of amides is 1. The van der Waals surface area contributed by atoms with E-state index in [2.05, 4.69) is 9.84 Å². The second-order valence-electron chi connectivity index (χ2n) is 4.53. The van der Waals surface area contributed by atoms with Gasteiger partial charge in [-0.3, -0.25) is 9.32 Å². The van der Waals surface area contributed by atoms with Crippen LogP contribution in [-0.4, -0.2) is 40.9 Å². The van der Waals surface area contributed by atoms with Crippen LogP contribution in [0.3, 0.4) is 0 Å². The Kier molecular flexibility index (Phi) is 7.87. The number of hydrogen-bond acceptors (Lipinski definition) is 6. The van der Waals surface area contributed by atoms with Gasteiger partial charge in [0.2, 0.25) is 0 Å². The van der Waals surface area contributed by atoms with E-state index in [4.69, 9.17) is 20.3 Å². The highest BCUT2D eigenvalue weighted by Gasteiger charge is 2.26. The smallest absolute Gasteiger partial charge is 0.445 e. The highest BCUT2D eigenvalue weighted by atomic mass is 31.2. The lowest BCUT2D eigenvalue weighted by Gasteiger charge is -2.15. The molecule has 0 aromatic heterocycles. The Morgan fingerprint density at radius 2 is 1.91 bits per heavy atom. The standard InChI is InChI=1S/C13H19N2O7P/c14-8-12(22-23(18,19)20)11(16)6-7-15-13(17)21-9-10-4-2-1-3-5-10/h1-5,12H,6-9,14H2,(H,15,17)(H2,18,19,20). The normalized spacial score (nSPS) is 12.5. The maximum atomic E-state index is 11.7. The van der Waals surface area contributed by atoms with Crippen LogP contribution in [-0.2, 0) is 25.2 Å². The third-order valence-corrected chi connectivity index (χ3v) is 3.22. The molecule has 1 atom stereocenters. The van der Waals surface area contributed by atoms with Crippen molar-refractivity contribution in [2.45, 2.75) is 19.1 Å². The van der Waals surface area contributed by atoms with Gasteiger partial charge < -0.3 is 25.6 Å². The molecule has 0 radical (unpaired) electrons. The molecule has 0 fully saturated rings. The van der Waals surface area contributed by atoms with Gasteiger partial charge in [-0.2, -0.15) is 0 Å². The Morgan fingerprint density at radius 3 is 2.48 bits per heavy atom. The fourth-order valence-corrected chi connectivity index (χ4v) is 2.16. The van der Waals surface area contributed by atoms with E-state index in [-0.39, 0.29) is 26.1 Å². The average molecular weight is 346 g/mol. The number of nitrogens with one attached hydrogen (secondary N) is 1. The van der Waals surface area contributed by atoms with Crippen molar-refractivity contribution in [2.75, 3.05) is 13.1 Å². The SMILES string of the molecule is NCC(OP(=O)(O)O)C(=O)CCNC(=O)OCc1ccccc1. The van der Waals surface area contributed by atoms with E-state index >= 15 is 0 Å². The largest absolute Gasteiger partial charge is 0.470 e. The summed E-state index contributed by atoms with van der Waals surface area (Å²) >= 11 is 0. The number of phosphoric ester groups is 1. The third kappa shape index (κ3) is 8.44. The van der Waals surface area contributed by atoms with Gasteiger partial charge in [0.05, 0.1) is 0 Å². The molecule has 1 unspecified atom stereocenters. The number of phosphoric acid groups is 1. The van der Waals surface area contributed by atoms with E-state index in [1.807, 2.05) is 18.2 Å². The van der Waals surface area contributed by atoms with Gasteiger partial charge in [-0.25, -0.2) is 9.36 Å². The number of carbonyl (C=O) groups excluding carboxylic acids is 2. The van der Waals surface area contributed by atoms with E-state index in [0.29, 0.717) is 0 Å². The molecule has 0 saturated heterocycles. The van der Waals surface area contributed by atoms with Gasteiger partial charge in [-0.05, 0) is 5.56 Å². The van der Waals surface area contributed by atoms with Crippen molar-refractivity contribution >= 4 is 19.7 Å². The van der Waals surface area contributed by atoms with Crippen LogP contribution >= 0.6 is 7.82 Å². The minimum atomic E-state index is -4.80. The second kappa shape index (κ2) is 9.39. The van der Waals surface area contributed by atoms with Gasteiger partial charge >= 0.3 is 13.9 Å². The predicted octanol–water partition coefficient (Wildman–Crippen LogP) is 0.309. The van der Waals surface area contributed by atoms with Crippen LogP contribution in [0.4, 0.5) is 4.79 Å². The topological polar surface area (TPSA) is 148 Å². The Hall–Kier alpha value is -1.77. The number of ketones is 1. The molecule has 0 aliphatic heterocycles. The first kappa shape index (κ1) is 19.3. The first-order valence-electron chi connectivity index (χ1n) is 6.73. The first-order chi connectivity index (χ1) is 10.8. The zero-order chi connectivity index (χ0) is 17.3. The molecule has 0 aliphatic rings. The first-order valence-corrected chi connectivity index (χ1v) is 8.26. The highest BCUT2D eigenvalue weighted by molar-refractivity contribution is 7.46. The predicted molar refractivity (Wildman–Crippen MR) is 80.2 cm³/mol. The molecule has 1 aromatic rings. The lowest BCUT2D eigenvalue weighted by atomic mass is 10.2. The van der Waals surface area contributed by atoms with Crippen molar-refractivity contribution in [3.63, 3.8) is 0 Å². The average Bonchev–Trinajstić information content (AvgIpc) is 2.50. The summed E-state index contributed by atoms with van der Waals surface area (Å²) in [7, 11) is -4.80. The van der Waals surface area contributed by atoms with Crippen LogP contribution in [0.15, 0.2) is 30.3 Å². The van der Waals surface area contributed by atoms with Gasteiger partial charge in [-0.15, -0.1) is 0 Å². The fraction of sp³-hybridized carbons (Fsp3) is 0.385. The molecule has 0 bridgehead atoms. The van der Waals surface area contributed by atoms with Gasteiger partial charge in [0, 0.05) is 19.5 Å². The number of alkyl carbamates (subject to hydrolysis) is 1. The van der Waals surface area contributed by atoms with Gasteiger partial charge in [0.1, 0.15) is 12.7 Å². The second-order valence-corrected chi connectivity index (χ2v) is 5.72. The van der Waals surface area contributed by atoms with Crippen molar-refractivity contribution in [2.24, 2.45) is 5.73 Å². The monoisotopic (exact) mass is 346 g/mol. The van der Waals surface area contributed by atoms with Crippen LogP contribution in [0.5, 0.6) is 0 Å². The number of nitrogens with two attached hydrogens (primary N) is 1. The lowest BCUT2D eigenvalue weighted by Crippen LogP contribution is -2.34. The molecule has 9 nitrogen and oxygen atoms in total. The van der Waals surface area contributed by atoms with Gasteiger partial charge in [0.15, 0.2) is 5.78 Å². The van der Waals surface area contributed by atoms with E-state index in [1.165, 1.54) is 0 Å². The van der Waals surface area contributed by atoms with Crippen LogP contribution in [0, 0.1) is 0 Å². The molecule has 0 spiro atoms. The number of hydrogen-bond donors (Lipinski definition) is 4. The Balaban J connectivity index is 2.28. The van der Waals surface area contributed by atoms with Gasteiger partial charge in [-0.1, -0.05) is 30.3 Å². The molecule has 5 N–H and O–H groups in total. The van der Waals surface area contributed by atoms with Crippen LogP contribution in [0.25, 0.3) is 0 Å². The van der Waals surface area contributed by atoms with Crippen molar-refractivity contribution in [3.05, 3.63) is 35.9 Å². The lowest BCUT2D eigenvalue weighted by molar-refractivity contribution is -0.126. The zero-order valence-corrected chi connectivity index (χ0v) is 13.1. The molecule has 1 amide bonds. The Bertz CT molecular complexity index is 561. The van der Waals surface area contributed by atoms with Crippen LogP contribution in [0.1, 0.15) is 12.0 Å². The maximum Gasteiger partial charge on any atom is 0.470 e. The Morgan fingerprint density at radius 1 is 1.26 bits per heavy atom. The van der Waals surface area contributed by atoms with E-state index in [0.717, 1.165) is 5.56 Å². The fourth-order valence-electron chi connectivity index (χ4n) is 1.62. The van der Waals surface area contributed by atoms with Crippen molar-refractivity contribution in [3.8, 4) is 0 Å². The van der Waals surface area contributed by atoms with Crippen molar-refractivity contribution in [1.82, 2.24) is 5.32 Å². The molecular weight excluding hydrogens is 327 g/mol. The minimum absolute atomic E-state index is 0.0620. The summed E-state index contributed by atoms with van der Waals surface area (Å²) in [5, 5.41) is 2.35. The molecule has 23 heavy (non-hydrogen) atoms. The quantitative estimate of drug-likeness (QED) is 0.467. The summed E-state index contributed by atoms with van der Waals surface area (Å²) in [6, 6.07) is 9.04. The van der Waals surface area contributed by atoms with E-state index in [9.17, 15) is 14.2 Å². The molecule has 0 saturated carbocycles. The molecule has 0 aliphatic carbocycles. The van der Waals surface area contributed by atoms with Gasteiger partial charge in [0.25, 0.3) is 0 Å². The summed E-state index contributed by atoms with van der Waals surface area (Å²) in [6.45, 7) is -0.344. The van der Waals surface area contributed by atoms with Crippen molar-refractivity contribution < 1.29 is 33.2 Å². The summed E-state index contributed by atoms with van der Waals surface area (Å²) in [5.41, 5.74) is 6.04. The summed E-state index contributed by atoms with van der Waals surface area (Å²) < 4.78 is 19.9. The van der Waals surface area contributed by atoms with Crippen molar-refractivity contribution in [1.29, 1.82) is 0 Å². The third-order valence-electron chi connectivity index (χ3n) is 2.69. The zero-order valence-electron chi connectivity index (χ0n) is 12.3. The van der Waals surface area contributed by atoms with Crippen LogP contribution < -0.4 is 11.1 Å². The molecule has 128 valence electrons. The molecule has 1 rings (SSSR count). The minimum Gasteiger partial charge on any atom is -0.445 e. The molecule has 1 aromatic carbocycles. The molecule has 10 heteroatoms. The summed E-state index contributed by atoms with van der Waals surface area (Å²) in [5.74, 6) is -0.626. The number of Topliss-reactive ketones (excluding diaryl/α,β-unsaturated/α-hetero) is 1. The Labute approximate surface area is 133 Å². The number of rotatable bonds is 9. The maximum absolute atomic E-state index is 11.7. The molecule has 0 heterocycles. The number of benzene rings is 1. The van der Waals surface area contributed by atoms with Crippen LogP contribution in [0.2, 0.25) is 0 Å². The summed E-state index contributed by atoms with van der Waals surface area (Å²) in [6.07, 6.45) is -2.32.